The smallest absolute Gasteiger partial charge is 1.00 e. The van der Waals surface area contributed by atoms with Crippen LogP contribution in [-0.4, -0.2) is 67.9 Å². The van der Waals surface area contributed by atoms with Crippen molar-refractivity contribution < 1.29 is 59.1 Å². The van der Waals surface area contributed by atoms with Gasteiger partial charge in [0, 0.05) is 46.1 Å². The number of halogens is 1. The zero-order valence-corrected chi connectivity index (χ0v) is 21.6. The second-order valence-electron chi connectivity index (χ2n) is 5.45. The summed E-state index contributed by atoms with van der Waals surface area (Å²) >= 11 is 0. The Bertz CT molecular complexity index is 203. The van der Waals surface area contributed by atoms with Gasteiger partial charge in [0.15, 0.2) is 0 Å². The molecule has 0 saturated heterocycles. The van der Waals surface area contributed by atoms with Gasteiger partial charge in [-0.25, -0.2) is 0 Å². The first-order valence-electron chi connectivity index (χ1n) is 7.56. The molecule has 4 nitrogen and oxygen atoms in total. The van der Waals surface area contributed by atoms with Crippen molar-refractivity contribution in [3.8, 4) is 0 Å². The van der Waals surface area contributed by atoms with Gasteiger partial charge in [0.05, 0.1) is 0 Å². The van der Waals surface area contributed by atoms with E-state index in [-0.39, 0.29) is 86.2 Å². The van der Waals surface area contributed by atoms with E-state index in [2.05, 4.69) is 6.07 Å². The molecule has 0 radical (unpaired) electrons. The third kappa shape index (κ3) is 269. The largest absolute Gasteiger partial charge is 2.00 e. The average Bonchev–Trinajstić information content (AvgIpc) is 2.28. The van der Waals surface area contributed by atoms with E-state index in [0.717, 1.165) is 0 Å². The average molecular weight is 470 g/mol. The Kier molecular flexibility index (Phi) is 71.9. The topological polar surface area (TPSA) is 80.9 Å². The van der Waals surface area contributed by atoms with Crippen LogP contribution < -0.4 is 17.0 Å². The van der Waals surface area contributed by atoms with Crippen LogP contribution in [0.1, 0.15) is 55.4 Å². The van der Waals surface area contributed by atoms with Gasteiger partial charge in [-0.05, 0) is 55.4 Å². The van der Waals surface area contributed by atoms with Crippen molar-refractivity contribution in [1.29, 1.82) is 0 Å². The summed E-state index contributed by atoms with van der Waals surface area (Å²) < 4.78 is 0. The number of aliphatic hydroxyl groups excluding tert-OH is 4. The van der Waals surface area contributed by atoms with Gasteiger partial charge in [0.25, 0.3) is 0 Å². The molecule has 0 bridgehead atoms. The van der Waals surface area contributed by atoms with Crippen molar-refractivity contribution in [2.24, 2.45) is 0 Å². The van der Waals surface area contributed by atoms with E-state index < -0.39 is 0 Å². The normalized spacial score (nSPS) is 7.68. The van der Waals surface area contributed by atoms with Crippen molar-refractivity contribution in [1.82, 2.24) is 0 Å². The predicted octanol–water partition coefficient (Wildman–Crippen LogP) is -0.344. The van der Waals surface area contributed by atoms with Gasteiger partial charge in [-0.3, -0.25) is 0 Å². The minimum absolute atomic E-state index is 0. The van der Waals surface area contributed by atoms with Gasteiger partial charge in [-0.2, -0.15) is 36.4 Å². The zero-order chi connectivity index (χ0) is 18.6. The minimum Gasteiger partial charge on any atom is -1.00 e. The third-order valence-corrected chi connectivity index (χ3v) is 0.607. The Morgan fingerprint density at radius 3 is 0.760 bits per heavy atom. The van der Waals surface area contributed by atoms with E-state index in [1.165, 1.54) is 0 Å². The van der Waals surface area contributed by atoms with Crippen LogP contribution in [0, 0.1) is 6.07 Å². The summed E-state index contributed by atoms with van der Waals surface area (Å²) in [5, 5.41) is 32.2. The van der Waals surface area contributed by atoms with Crippen molar-refractivity contribution >= 4 is 23.1 Å². The molecule has 25 heavy (non-hydrogen) atoms. The monoisotopic (exact) mass is 468 g/mol. The first-order valence-corrected chi connectivity index (χ1v) is 7.56. The quantitative estimate of drug-likeness (QED) is 0.310. The SMILES string of the molecule is CC(C)O.CC(C)O.CC(C)O.CC(C)O.[Br-].[Mg+2].[Ti].[c-]1ccccc1. The molecular formula is C18H37BrMgO4Ti. The summed E-state index contributed by atoms with van der Waals surface area (Å²) in [4.78, 5) is 0. The van der Waals surface area contributed by atoms with E-state index in [9.17, 15) is 0 Å². The Balaban J connectivity index is -0.0000000319. The van der Waals surface area contributed by atoms with Crippen LogP contribution in [0.4, 0.5) is 0 Å². The molecule has 4 N–H and O–H groups in total. The molecule has 0 saturated carbocycles. The fraction of sp³-hybridized carbons (Fsp3) is 0.667. The van der Waals surface area contributed by atoms with E-state index in [0.29, 0.717) is 0 Å². The molecule has 0 fully saturated rings. The van der Waals surface area contributed by atoms with Gasteiger partial charge in [-0.1, -0.05) is 0 Å². The van der Waals surface area contributed by atoms with Crippen LogP contribution in [0.3, 0.4) is 0 Å². The molecule has 0 aliphatic rings. The van der Waals surface area contributed by atoms with Gasteiger partial charge < -0.3 is 37.4 Å². The number of aliphatic hydroxyl groups is 4. The van der Waals surface area contributed by atoms with E-state index in [4.69, 9.17) is 20.4 Å². The van der Waals surface area contributed by atoms with Crippen molar-refractivity contribution in [3.63, 3.8) is 0 Å². The molecule has 0 aliphatic carbocycles. The maximum atomic E-state index is 8.06. The molecule has 0 heterocycles. The van der Waals surface area contributed by atoms with Crippen molar-refractivity contribution in [3.05, 3.63) is 36.4 Å². The second kappa shape index (κ2) is 39.9. The minimum atomic E-state index is -0.167. The first-order chi connectivity index (χ1) is 9.93. The van der Waals surface area contributed by atoms with E-state index in [1.807, 2.05) is 30.3 Å². The number of hydrogen-bond acceptors (Lipinski definition) is 4. The molecule has 0 amide bonds. The first kappa shape index (κ1) is 45.0. The Morgan fingerprint density at radius 2 is 0.720 bits per heavy atom. The molecule has 1 aromatic carbocycles. The Hall–Kier alpha value is 1.02. The predicted molar refractivity (Wildman–Crippen MR) is 100 cm³/mol. The molecule has 146 valence electrons. The molecule has 1 rings (SSSR count). The summed E-state index contributed by atoms with van der Waals surface area (Å²) in [5.41, 5.74) is 0. The fourth-order valence-corrected chi connectivity index (χ4v) is 0.342. The van der Waals surface area contributed by atoms with Crippen molar-refractivity contribution in [2.45, 2.75) is 79.8 Å². The standard InChI is InChI=1S/C6H5.4C3H8O.BrH.Mg.Ti/c1-2-4-6-5-3-1;4*1-3(2)4;;;/h1-5H;4*3-4H,1-2H3;1H;;/q-1;;;;;;+2;/p-1. The third-order valence-electron chi connectivity index (χ3n) is 0.607. The van der Waals surface area contributed by atoms with Gasteiger partial charge >= 0.3 is 23.1 Å². The molecule has 7 heteroatoms. The van der Waals surface area contributed by atoms with Crippen LogP contribution in [0.2, 0.25) is 0 Å². The van der Waals surface area contributed by atoms with Gasteiger partial charge in [0.1, 0.15) is 0 Å². The van der Waals surface area contributed by atoms with Crippen LogP contribution in [0.15, 0.2) is 30.3 Å². The second-order valence-corrected chi connectivity index (χ2v) is 5.45. The summed E-state index contributed by atoms with van der Waals surface area (Å²) in [6, 6.07) is 12.5. The van der Waals surface area contributed by atoms with E-state index in [1.54, 1.807) is 55.4 Å². The molecular weight excluding hydrogens is 432 g/mol. The summed E-state index contributed by atoms with van der Waals surface area (Å²) in [7, 11) is 0. The van der Waals surface area contributed by atoms with Crippen LogP contribution in [0.25, 0.3) is 0 Å². The van der Waals surface area contributed by atoms with Crippen LogP contribution in [-0.2, 0) is 21.7 Å². The fourth-order valence-electron chi connectivity index (χ4n) is 0.342. The number of hydrogen-bond donors (Lipinski definition) is 4. The Morgan fingerprint density at radius 1 is 0.560 bits per heavy atom. The molecule has 0 atom stereocenters. The van der Waals surface area contributed by atoms with Gasteiger partial charge in [0.2, 0.25) is 0 Å². The molecule has 0 aromatic heterocycles. The maximum absolute atomic E-state index is 8.06. The maximum Gasteiger partial charge on any atom is 2.00 e. The number of rotatable bonds is 0. The zero-order valence-electron chi connectivity index (χ0n) is 17.1. The molecule has 0 spiro atoms. The molecule has 0 aliphatic heterocycles. The summed E-state index contributed by atoms with van der Waals surface area (Å²) in [6.07, 6.45) is -0.667. The van der Waals surface area contributed by atoms with Gasteiger partial charge in [-0.15, -0.1) is 0 Å². The summed E-state index contributed by atoms with van der Waals surface area (Å²) in [5.74, 6) is 0. The van der Waals surface area contributed by atoms with Crippen LogP contribution in [0.5, 0.6) is 0 Å². The number of benzene rings is 1. The molecule has 0 unspecified atom stereocenters. The molecule has 1 aromatic rings. The van der Waals surface area contributed by atoms with Crippen molar-refractivity contribution in [2.75, 3.05) is 0 Å². The summed E-state index contributed by atoms with van der Waals surface area (Å²) in [6.45, 7) is 13.8. The Labute approximate surface area is 197 Å². The van der Waals surface area contributed by atoms with Crippen LogP contribution >= 0.6 is 0 Å². The van der Waals surface area contributed by atoms with E-state index >= 15 is 0 Å².